The molecule has 0 aromatic carbocycles. The van der Waals surface area contributed by atoms with Crippen molar-refractivity contribution in [3.8, 4) is 0 Å². The lowest BCUT2D eigenvalue weighted by Gasteiger charge is -2.09. The molecular weight excluding hydrogens is 216 g/mol. The van der Waals surface area contributed by atoms with Gasteiger partial charge in [-0.15, -0.1) is 0 Å². The van der Waals surface area contributed by atoms with E-state index in [0.29, 0.717) is 12.2 Å². The van der Waals surface area contributed by atoms with Crippen LogP contribution >= 0.6 is 0 Å². The van der Waals surface area contributed by atoms with Gasteiger partial charge in [-0.1, -0.05) is 0 Å². The number of rotatable bonds is 6. The number of hydrogen-bond acceptors (Lipinski definition) is 4. The highest BCUT2D eigenvalue weighted by Gasteiger charge is 2.01. The van der Waals surface area contributed by atoms with E-state index >= 15 is 0 Å². The lowest BCUT2D eigenvalue weighted by Crippen LogP contribution is -2.21. The number of hydrogen-bond donors (Lipinski definition) is 3. The van der Waals surface area contributed by atoms with E-state index < -0.39 is 0 Å². The first-order valence-corrected chi connectivity index (χ1v) is 5.80. The Hall–Kier alpha value is -1.78. The fourth-order valence-corrected chi connectivity index (χ4v) is 1.43. The monoisotopic (exact) mass is 236 g/mol. The van der Waals surface area contributed by atoms with Crippen molar-refractivity contribution in [1.82, 2.24) is 10.3 Å². The van der Waals surface area contributed by atoms with Crippen molar-refractivity contribution in [3.63, 3.8) is 0 Å². The van der Waals surface area contributed by atoms with Gasteiger partial charge in [-0.2, -0.15) is 0 Å². The average molecular weight is 236 g/mol. The van der Waals surface area contributed by atoms with Crippen LogP contribution in [0.4, 0.5) is 11.5 Å². The Balaban J connectivity index is 2.22. The van der Waals surface area contributed by atoms with E-state index in [0.717, 1.165) is 30.8 Å². The highest BCUT2D eigenvalue weighted by molar-refractivity contribution is 5.72. The van der Waals surface area contributed by atoms with Crippen molar-refractivity contribution < 1.29 is 4.79 Å². The fraction of sp³-hybridized carbons (Fsp3) is 0.500. The van der Waals surface area contributed by atoms with Crippen molar-refractivity contribution in [2.24, 2.45) is 0 Å². The SMILES string of the molecule is CC(=O)NCCCCNc1nccc(C)c1N. The zero-order chi connectivity index (χ0) is 12.7. The maximum Gasteiger partial charge on any atom is 0.216 e. The smallest absolute Gasteiger partial charge is 0.216 e. The van der Waals surface area contributed by atoms with E-state index in [1.807, 2.05) is 13.0 Å². The molecule has 1 aromatic heterocycles. The Morgan fingerprint density at radius 1 is 1.41 bits per heavy atom. The summed E-state index contributed by atoms with van der Waals surface area (Å²) in [5, 5.41) is 5.95. The number of aromatic nitrogens is 1. The summed E-state index contributed by atoms with van der Waals surface area (Å²) in [4.78, 5) is 14.8. The van der Waals surface area contributed by atoms with Crippen LogP contribution in [0.1, 0.15) is 25.3 Å². The summed E-state index contributed by atoms with van der Waals surface area (Å²) in [6, 6.07) is 1.89. The van der Waals surface area contributed by atoms with Crippen LogP contribution in [-0.4, -0.2) is 24.0 Å². The van der Waals surface area contributed by atoms with Crippen molar-refractivity contribution in [2.45, 2.75) is 26.7 Å². The highest BCUT2D eigenvalue weighted by atomic mass is 16.1. The third-order valence-corrected chi connectivity index (χ3v) is 2.48. The Morgan fingerprint density at radius 3 is 2.82 bits per heavy atom. The summed E-state index contributed by atoms with van der Waals surface area (Å²) in [6.07, 6.45) is 3.65. The van der Waals surface area contributed by atoms with Gasteiger partial charge in [0.15, 0.2) is 0 Å². The van der Waals surface area contributed by atoms with Gasteiger partial charge in [0.25, 0.3) is 0 Å². The molecule has 0 aliphatic rings. The summed E-state index contributed by atoms with van der Waals surface area (Å²) in [5.74, 6) is 0.757. The molecule has 1 aromatic rings. The minimum absolute atomic E-state index is 0.0163. The van der Waals surface area contributed by atoms with E-state index in [9.17, 15) is 4.79 Å². The second-order valence-corrected chi connectivity index (χ2v) is 4.01. The van der Waals surface area contributed by atoms with Gasteiger partial charge in [0.2, 0.25) is 5.91 Å². The van der Waals surface area contributed by atoms with Gasteiger partial charge in [-0.05, 0) is 31.4 Å². The lowest BCUT2D eigenvalue weighted by atomic mass is 10.2. The first kappa shape index (κ1) is 13.3. The van der Waals surface area contributed by atoms with Crippen LogP contribution < -0.4 is 16.4 Å². The number of carbonyl (C=O) groups excluding carboxylic acids is 1. The Labute approximate surface area is 102 Å². The molecule has 0 atom stereocenters. The number of nitrogens with zero attached hydrogens (tertiary/aromatic N) is 1. The molecule has 5 nitrogen and oxygen atoms in total. The van der Waals surface area contributed by atoms with Crippen LogP contribution in [0, 0.1) is 6.92 Å². The number of carbonyl (C=O) groups is 1. The van der Waals surface area contributed by atoms with E-state index in [4.69, 9.17) is 5.73 Å². The average Bonchev–Trinajstić information content (AvgIpc) is 2.28. The van der Waals surface area contributed by atoms with Crippen molar-refractivity contribution >= 4 is 17.4 Å². The number of nitrogens with two attached hydrogens (primary N) is 1. The summed E-state index contributed by atoms with van der Waals surface area (Å²) in [7, 11) is 0. The summed E-state index contributed by atoms with van der Waals surface area (Å²) >= 11 is 0. The standard InChI is InChI=1S/C12H20N4O/c1-9-5-8-16-12(11(9)13)15-7-4-3-6-14-10(2)17/h5,8H,3-4,6-7,13H2,1-2H3,(H,14,17)(H,15,16). The fourth-order valence-electron chi connectivity index (χ4n) is 1.43. The molecule has 94 valence electrons. The molecule has 1 rings (SSSR count). The summed E-state index contributed by atoms with van der Waals surface area (Å²) < 4.78 is 0. The number of pyridine rings is 1. The molecule has 4 N–H and O–H groups in total. The van der Waals surface area contributed by atoms with Gasteiger partial charge in [0.1, 0.15) is 5.82 Å². The van der Waals surface area contributed by atoms with Gasteiger partial charge < -0.3 is 16.4 Å². The Kier molecular flexibility index (Phi) is 5.26. The molecule has 0 radical (unpaired) electrons. The van der Waals surface area contributed by atoms with Gasteiger partial charge >= 0.3 is 0 Å². The normalized spacial score (nSPS) is 10.0. The Bertz CT molecular complexity index is 379. The van der Waals surface area contributed by atoms with Crippen molar-refractivity contribution in [2.75, 3.05) is 24.1 Å². The first-order chi connectivity index (χ1) is 8.11. The van der Waals surface area contributed by atoms with E-state index in [1.54, 1.807) is 6.20 Å². The molecule has 0 aliphatic carbocycles. The molecule has 1 amide bonds. The van der Waals surface area contributed by atoms with Gasteiger partial charge in [-0.3, -0.25) is 4.79 Å². The molecule has 1 heterocycles. The second kappa shape index (κ2) is 6.73. The minimum atomic E-state index is 0.0163. The van der Waals surface area contributed by atoms with Crippen LogP contribution in [-0.2, 0) is 4.79 Å². The number of unbranched alkanes of at least 4 members (excludes halogenated alkanes) is 1. The largest absolute Gasteiger partial charge is 0.396 e. The van der Waals surface area contributed by atoms with Crippen LogP contribution in [0.3, 0.4) is 0 Å². The second-order valence-electron chi connectivity index (χ2n) is 4.01. The van der Waals surface area contributed by atoms with E-state index in [1.165, 1.54) is 6.92 Å². The van der Waals surface area contributed by atoms with Crippen LogP contribution in [0.2, 0.25) is 0 Å². The minimum Gasteiger partial charge on any atom is -0.396 e. The molecule has 0 saturated heterocycles. The molecule has 17 heavy (non-hydrogen) atoms. The van der Waals surface area contributed by atoms with Crippen molar-refractivity contribution in [1.29, 1.82) is 0 Å². The molecule has 0 unspecified atom stereocenters. The van der Waals surface area contributed by atoms with Crippen LogP contribution in [0.5, 0.6) is 0 Å². The predicted octanol–water partition coefficient (Wildman–Crippen LogP) is 1.30. The summed E-state index contributed by atoms with van der Waals surface area (Å²) in [6.45, 7) is 5.00. The van der Waals surface area contributed by atoms with Gasteiger partial charge in [0, 0.05) is 26.2 Å². The van der Waals surface area contributed by atoms with Gasteiger partial charge in [0.05, 0.1) is 5.69 Å². The maximum atomic E-state index is 10.6. The molecular formula is C12H20N4O. The molecule has 0 fully saturated rings. The predicted molar refractivity (Wildman–Crippen MR) is 69.8 cm³/mol. The quantitative estimate of drug-likeness (QED) is 0.650. The zero-order valence-corrected chi connectivity index (χ0v) is 10.4. The number of nitrogens with one attached hydrogen (secondary N) is 2. The summed E-state index contributed by atoms with van der Waals surface area (Å²) in [5.41, 5.74) is 7.61. The van der Waals surface area contributed by atoms with Crippen molar-refractivity contribution in [3.05, 3.63) is 17.8 Å². The van der Waals surface area contributed by atoms with Crippen LogP contribution in [0.25, 0.3) is 0 Å². The Morgan fingerprint density at radius 2 is 2.12 bits per heavy atom. The third-order valence-electron chi connectivity index (χ3n) is 2.48. The lowest BCUT2D eigenvalue weighted by molar-refractivity contribution is -0.118. The first-order valence-electron chi connectivity index (χ1n) is 5.80. The molecule has 0 spiro atoms. The molecule has 0 aliphatic heterocycles. The molecule has 0 saturated carbocycles. The number of amides is 1. The zero-order valence-electron chi connectivity index (χ0n) is 10.4. The third kappa shape index (κ3) is 4.72. The van der Waals surface area contributed by atoms with E-state index in [2.05, 4.69) is 15.6 Å². The maximum absolute atomic E-state index is 10.6. The number of anilines is 2. The molecule has 5 heteroatoms. The topological polar surface area (TPSA) is 80.0 Å². The highest BCUT2D eigenvalue weighted by Crippen LogP contribution is 2.18. The molecule has 0 bridgehead atoms. The van der Waals surface area contributed by atoms with E-state index in [-0.39, 0.29) is 5.91 Å². The number of aryl methyl sites for hydroxylation is 1. The van der Waals surface area contributed by atoms with Crippen LogP contribution in [0.15, 0.2) is 12.3 Å². The number of nitrogen functional groups attached to an aromatic ring is 1. The van der Waals surface area contributed by atoms with Gasteiger partial charge in [-0.25, -0.2) is 4.98 Å².